The molecule has 2 aromatic rings. The minimum absolute atomic E-state index is 0.138. The molecule has 1 aliphatic rings. The number of hydrogen-bond acceptors (Lipinski definition) is 3. The van der Waals surface area contributed by atoms with E-state index in [0.29, 0.717) is 18.8 Å². The fraction of sp³-hybridized carbons (Fsp3) is 0.300. The van der Waals surface area contributed by atoms with Gasteiger partial charge >= 0.3 is 11.8 Å². The zero-order valence-electron chi connectivity index (χ0n) is 14.0. The van der Waals surface area contributed by atoms with E-state index >= 15 is 0 Å². The molecule has 2 aromatic carbocycles. The van der Waals surface area contributed by atoms with Crippen molar-refractivity contribution in [3.05, 3.63) is 54.6 Å². The van der Waals surface area contributed by atoms with Crippen LogP contribution in [0.25, 0.3) is 11.1 Å². The summed E-state index contributed by atoms with van der Waals surface area (Å²) in [5.41, 5.74) is 2.48. The number of likely N-dealkylation sites (tertiary alicyclic amines) is 1. The fourth-order valence-electron chi connectivity index (χ4n) is 3.10. The van der Waals surface area contributed by atoms with E-state index in [1.54, 1.807) is 11.0 Å². The van der Waals surface area contributed by atoms with Crippen molar-refractivity contribution >= 4 is 17.5 Å². The molecule has 0 atom stereocenters. The molecule has 1 saturated heterocycles. The maximum absolute atomic E-state index is 12.4. The highest BCUT2D eigenvalue weighted by Crippen LogP contribution is 2.27. The van der Waals surface area contributed by atoms with Gasteiger partial charge in [-0.15, -0.1) is 0 Å². The van der Waals surface area contributed by atoms with E-state index < -0.39 is 11.8 Å². The van der Waals surface area contributed by atoms with Crippen molar-refractivity contribution in [1.29, 1.82) is 0 Å². The monoisotopic (exact) mass is 338 g/mol. The first kappa shape index (κ1) is 17.2. The van der Waals surface area contributed by atoms with Crippen LogP contribution in [0.15, 0.2) is 54.6 Å². The van der Waals surface area contributed by atoms with Gasteiger partial charge in [0.25, 0.3) is 0 Å². The van der Waals surface area contributed by atoms with Gasteiger partial charge < -0.3 is 15.3 Å². The lowest BCUT2D eigenvalue weighted by Gasteiger charge is -2.30. The largest absolute Gasteiger partial charge is 0.396 e. The second-order valence-electron chi connectivity index (χ2n) is 6.28. The Balaban J connectivity index is 1.70. The normalized spacial score (nSPS) is 15.0. The molecule has 3 rings (SSSR count). The van der Waals surface area contributed by atoms with Gasteiger partial charge in [-0.05, 0) is 30.4 Å². The van der Waals surface area contributed by atoms with Gasteiger partial charge in [0.15, 0.2) is 0 Å². The molecule has 0 spiro atoms. The third-order valence-corrected chi connectivity index (χ3v) is 4.61. The number of nitrogens with zero attached hydrogens (tertiary/aromatic N) is 1. The number of carbonyl (C=O) groups is 2. The molecule has 1 aliphatic heterocycles. The lowest BCUT2D eigenvalue weighted by molar-refractivity contribution is -0.144. The van der Waals surface area contributed by atoms with Crippen molar-refractivity contribution in [2.45, 2.75) is 12.8 Å². The van der Waals surface area contributed by atoms with E-state index in [2.05, 4.69) is 5.32 Å². The number of carbonyl (C=O) groups excluding carboxylic acids is 2. The molecule has 1 fully saturated rings. The van der Waals surface area contributed by atoms with Gasteiger partial charge in [0.1, 0.15) is 0 Å². The molecule has 130 valence electrons. The first-order valence-corrected chi connectivity index (χ1v) is 8.54. The minimum Gasteiger partial charge on any atom is -0.396 e. The van der Waals surface area contributed by atoms with E-state index in [1.807, 2.05) is 48.5 Å². The number of hydrogen-bond donors (Lipinski definition) is 2. The molecule has 2 N–H and O–H groups in total. The van der Waals surface area contributed by atoms with Crippen LogP contribution in [0.3, 0.4) is 0 Å². The molecule has 0 aromatic heterocycles. The van der Waals surface area contributed by atoms with Gasteiger partial charge in [-0.1, -0.05) is 48.5 Å². The van der Waals surface area contributed by atoms with E-state index in [4.69, 9.17) is 0 Å². The summed E-state index contributed by atoms with van der Waals surface area (Å²) in [6.45, 7) is 1.16. The Labute approximate surface area is 147 Å². The van der Waals surface area contributed by atoms with Crippen LogP contribution >= 0.6 is 0 Å². The zero-order chi connectivity index (χ0) is 17.6. The quantitative estimate of drug-likeness (QED) is 0.845. The molecule has 25 heavy (non-hydrogen) atoms. The van der Waals surface area contributed by atoms with Crippen LogP contribution < -0.4 is 5.32 Å². The van der Waals surface area contributed by atoms with E-state index in [1.165, 1.54) is 0 Å². The van der Waals surface area contributed by atoms with Crippen molar-refractivity contribution < 1.29 is 14.7 Å². The first-order valence-electron chi connectivity index (χ1n) is 8.54. The van der Waals surface area contributed by atoms with Crippen molar-refractivity contribution in [2.75, 3.05) is 25.0 Å². The predicted molar refractivity (Wildman–Crippen MR) is 96.9 cm³/mol. The smallest absolute Gasteiger partial charge is 0.313 e. The molecule has 5 nitrogen and oxygen atoms in total. The van der Waals surface area contributed by atoms with E-state index in [0.717, 1.165) is 24.0 Å². The van der Waals surface area contributed by atoms with Crippen LogP contribution in [-0.4, -0.2) is 41.5 Å². The second-order valence-corrected chi connectivity index (χ2v) is 6.28. The average molecular weight is 338 g/mol. The summed E-state index contributed by atoms with van der Waals surface area (Å²) in [7, 11) is 0. The molecular formula is C20H22N2O3. The highest BCUT2D eigenvalue weighted by molar-refractivity contribution is 6.39. The van der Waals surface area contributed by atoms with Gasteiger partial charge in [-0.25, -0.2) is 0 Å². The molecule has 0 saturated carbocycles. The molecule has 2 amide bonds. The Hall–Kier alpha value is -2.66. The third-order valence-electron chi connectivity index (χ3n) is 4.61. The zero-order valence-corrected chi connectivity index (χ0v) is 14.0. The Morgan fingerprint density at radius 2 is 1.64 bits per heavy atom. The Morgan fingerprint density at radius 3 is 2.32 bits per heavy atom. The number of nitrogens with one attached hydrogen (secondary N) is 1. The van der Waals surface area contributed by atoms with Crippen LogP contribution in [0.4, 0.5) is 5.69 Å². The van der Waals surface area contributed by atoms with Crippen LogP contribution in [0.5, 0.6) is 0 Å². The Kier molecular flexibility index (Phi) is 5.46. The summed E-state index contributed by atoms with van der Waals surface area (Å²) < 4.78 is 0. The predicted octanol–water partition coefficient (Wildman–Crippen LogP) is 2.52. The summed E-state index contributed by atoms with van der Waals surface area (Å²) in [6, 6.07) is 17.2. The van der Waals surface area contributed by atoms with Crippen molar-refractivity contribution in [2.24, 2.45) is 5.92 Å². The summed E-state index contributed by atoms with van der Waals surface area (Å²) >= 11 is 0. The van der Waals surface area contributed by atoms with Gasteiger partial charge in [0.05, 0.1) is 0 Å². The summed E-state index contributed by atoms with van der Waals surface area (Å²) in [4.78, 5) is 26.4. The molecule has 1 heterocycles. The number of piperidine rings is 1. The maximum Gasteiger partial charge on any atom is 0.313 e. The number of rotatable bonds is 3. The SMILES string of the molecule is O=C(Nc1ccccc1-c1ccccc1)C(=O)N1CCC(CO)CC1. The number of aliphatic hydroxyl groups is 1. The number of aliphatic hydroxyl groups excluding tert-OH is 1. The summed E-state index contributed by atoms with van der Waals surface area (Å²) in [5, 5.41) is 11.9. The summed E-state index contributed by atoms with van der Waals surface area (Å²) in [5.74, 6) is -0.906. The molecule has 5 heteroatoms. The van der Waals surface area contributed by atoms with Crippen LogP contribution in [-0.2, 0) is 9.59 Å². The van der Waals surface area contributed by atoms with Crippen LogP contribution in [0.2, 0.25) is 0 Å². The summed E-state index contributed by atoms with van der Waals surface area (Å²) in [6.07, 6.45) is 1.46. The van der Waals surface area contributed by atoms with Crippen LogP contribution in [0, 0.1) is 5.92 Å². The van der Waals surface area contributed by atoms with Gasteiger partial charge in [-0.3, -0.25) is 9.59 Å². The first-order chi connectivity index (χ1) is 12.2. The minimum atomic E-state index is -0.620. The van der Waals surface area contributed by atoms with E-state index in [-0.39, 0.29) is 12.5 Å². The highest BCUT2D eigenvalue weighted by Gasteiger charge is 2.27. The van der Waals surface area contributed by atoms with Crippen molar-refractivity contribution in [1.82, 2.24) is 4.90 Å². The van der Waals surface area contributed by atoms with Gasteiger partial charge in [0.2, 0.25) is 0 Å². The topological polar surface area (TPSA) is 69.6 Å². The third kappa shape index (κ3) is 4.06. The highest BCUT2D eigenvalue weighted by atomic mass is 16.3. The van der Waals surface area contributed by atoms with Gasteiger partial charge in [0, 0.05) is 30.9 Å². The second kappa shape index (κ2) is 7.94. The van der Waals surface area contributed by atoms with Crippen molar-refractivity contribution in [3.63, 3.8) is 0 Å². The fourth-order valence-corrected chi connectivity index (χ4v) is 3.10. The van der Waals surface area contributed by atoms with Crippen molar-refractivity contribution in [3.8, 4) is 11.1 Å². The number of para-hydroxylation sites is 1. The number of anilines is 1. The lowest BCUT2D eigenvalue weighted by Crippen LogP contribution is -2.44. The standard InChI is InChI=1S/C20H22N2O3/c23-14-15-10-12-22(13-11-15)20(25)19(24)21-18-9-5-4-8-17(18)16-6-2-1-3-7-16/h1-9,15,23H,10-14H2,(H,21,24). The molecule has 0 radical (unpaired) electrons. The number of amides is 2. The molecule has 0 bridgehead atoms. The number of benzene rings is 2. The molecule has 0 unspecified atom stereocenters. The lowest BCUT2D eigenvalue weighted by atomic mass is 9.98. The average Bonchev–Trinajstić information content (AvgIpc) is 2.68. The Bertz CT molecular complexity index is 738. The Morgan fingerprint density at radius 1 is 1.00 bits per heavy atom. The maximum atomic E-state index is 12.4. The van der Waals surface area contributed by atoms with Gasteiger partial charge in [-0.2, -0.15) is 0 Å². The van der Waals surface area contributed by atoms with E-state index in [9.17, 15) is 14.7 Å². The van der Waals surface area contributed by atoms with Crippen LogP contribution in [0.1, 0.15) is 12.8 Å². The molecular weight excluding hydrogens is 316 g/mol. The molecule has 0 aliphatic carbocycles.